The number of hydrogen-bond donors (Lipinski definition) is 0. The van der Waals surface area contributed by atoms with Crippen LogP contribution in [0.3, 0.4) is 0 Å². The summed E-state index contributed by atoms with van der Waals surface area (Å²) in [6, 6.07) is 7.05. The van der Waals surface area contributed by atoms with E-state index in [2.05, 4.69) is 31.9 Å². The van der Waals surface area contributed by atoms with Crippen LogP contribution in [0.15, 0.2) is 28.7 Å². The fraction of sp³-hybridized carbons (Fsp3) is 0.529. The summed E-state index contributed by atoms with van der Waals surface area (Å²) < 4.78 is 6.26. The van der Waals surface area contributed by atoms with E-state index in [-0.39, 0.29) is 5.91 Å². The van der Waals surface area contributed by atoms with Crippen molar-refractivity contribution in [2.75, 3.05) is 10.2 Å². The van der Waals surface area contributed by atoms with Crippen molar-refractivity contribution in [3.05, 3.63) is 28.7 Å². The van der Waals surface area contributed by atoms with Crippen molar-refractivity contribution in [3.8, 4) is 0 Å². The molecule has 23 heavy (non-hydrogen) atoms. The molecule has 0 spiro atoms. The van der Waals surface area contributed by atoms with Crippen LogP contribution in [0.5, 0.6) is 0 Å². The maximum absolute atomic E-state index is 12.5. The van der Waals surface area contributed by atoms with Crippen molar-refractivity contribution < 1.29 is 14.3 Å². The summed E-state index contributed by atoms with van der Waals surface area (Å²) in [4.78, 5) is 26.1. The Kier molecular flexibility index (Phi) is 8.26. The third-order valence-corrected chi connectivity index (χ3v) is 4.02. The minimum absolute atomic E-state index is 0.240. The molecule has 1 aromatic rings. The maximum Gasteiger partial charge on any atom is 0.421 e. The zero-order chi connectivity index (χ0) is 17.5. The Balaban J connectivity index is 2.89. The highest BCUT2D eigenvalue weighted by Gasteiger charge is 2.28. The standard InChI is InChI=1S/C17H23Br2NO3/c1-17(2,3)23-16(22)20(14-10-8-13(19)9-11-14)15(21)7-5-4-6-12-18/h8-11H,4-7,12H2,1-3H3. The second-order valence-electron chi connectivity index (χ2n) is 6.19. The van der Waals surface area contributed by atoms with Gasteiger partial charge in [-0.1, -0.05) is 38.3 Å². The lowest BCUT2D eigenvalue weighted by Crippen LogP contribution is -2.41. The minimum atomic E-state index is -0.652. The first-order valence-corrected chi connectivity index (χ1v) is 9.53. The summed E-state index contributed by atoms with van der Waals surface area (Å²) in [6.45, 7) is 5.35. The van der Waals surface area contributed by atoms with Crippen LogP contribution in [-0.4, -0.2) is 22.9 Å². The Bertz CT molecular complexity index is 524. The number of unbranched alkanes of at least 4 members (excludes halogenated alkanes) is 2. The molecule has 0 aliphatic heterocycles. The SMILES string of the molecule is CC(C)(C)OC(=O)N(C(=O)CCCCCBr)c1ccc(Br)cc1. The van der Waals surface area contributed by atoms with Gasteiger partial charge in [-0.3, -0.25) is 4.79 Å². The molecular weight excluding hydrogens is 426 g/mol. The molecule has 0 aromatic heterocycles. The number of nitrogens with zero attached hydrogens (tertiary/aromatic N) is 1. The van der Waals surface area contributed by atoms with Crippen molar-refractivity contribution in [1.29, 1.82) is 0 Å². The Labute approximate surface area is 154 Å². The molecule has 0 saturated heterocycles. The molecule has 1 aromatic carbocycles. The molecule has 2 amide bonds. The van der Waals surface area contributed by atoms with Crippen LogP contribution in [0.4, 0.5) is 10.5 Å². The molecular formula is C17H23Br2NO3. The van der Waals surface area contributed by atoms with Gasteiger partial charge in [0.25, 0.3) is 0 Å². The first kappa shape index (κ1) is 20.2. The molecule has 0 atom stereocenters. The Hall–Kier alpha value is -0.880. The molecule has 0 heterocycles. The Morgan fingerprint density at radius 2 is 1.70 bits per heavy atom. The fourth-order valence-corrected chi connectivity index (χ4v) is 2.57. The van der Waals surface area contributed by atoms with Crippen molar-refractivity contribution in [2.24, 2.45) is 0 Å². The lowest BCUT2D eigenvalue weighted by atomic mass is 10.2. The van der Waals surface area contributed by atoms with Gasteiger partial charge in [0, 0.05) is 16.2 Å². The van der Waals surface area contributed by atoms with E-state index in [1.807, 2.05) is 0 Å². The maximum atomic E-state index is 12.5. The number of rotatable bonds is 6. The molecule has 0 aliphatic carbocycles. The molecule has 0 N–H and O–H groups in total. The second kappa shape index (κ2) is 9.42. The molecule has 0 saturated carbocycles. The number of halogens is 2. The summed E-state index contributed by atoms with van der Waals surface area (Å²) >= 11 is 6.72. The van der Waals surface area contributed by atoms with Crippen LogP contribution < -0.4 is 4.90 Å². The predicted molar refractivity (Wildman–Crippen MR) is 100 cm³/mol. The minimum Gasteiger partial charge on any atom is -0.443 e. The van der Waals surface area contributed by atoms with E-state index in [1.165, 1.54) is 0 Å². The van der Waals surface area contributed by atoms with E-state index in [4.69, 9.17) is 4.74 Å². The highest BCUT2D eigenvalue weighted by molar-refractivity contribution is 9.10. The van der Waals surface area contributed by atoms with Crippen LogP contribution in [0, 0.1) is 0 Å². The summed E-state index contributed by atoms with van der Waals surface area (Å²) in [6.07, 6.45) is 2.39. The molecule has 4 nitrogen and oxygen atoms in total. The van der Waals surface area contributed by atoms with Gasteiger partial charge in [0.05, 0.1) is 5.69 Å². The zero-order valence-corrected chi connectivity index (χ0v) is 16.9. The number of amides is 2. The lowest BCUT2D eigenvalue weighted by molar-refractivity contribution is -0.118. The number of benzene rings is 1. The molecule has 1 rings (SSSR count). The van der Waals surface area contributed by atoms with E-state index in [0.717, 1.165) is 34.0 Å². The Morgan fingerprint density at radius 3 is 2.22 bits per heavy atom. The second-order valence-corrected chi connectivity index (χ2v) is 7.89. The number of imide groups is 1. The number of ether oxygens (including phenoxy) is 1. The van der Waals surface area contributed by atoms with E-state index in [1.54, 1.807) is 45.0 Å². The quantitative estimate of drug-likeness (QED) is 0.415. The van der Waals surface area contributed by atoms with Gasteiger partial charge in [0.1, 0.15) is 5.60 Å². The molecule has 0 aliphatic rings. The third-order valence-electron chi connectivity index (χ3n) is 2.93. The number of anilines is 1. The molecule has 0 bridgehead atoms. The normalized spacial score (nSPS) is 11.2. The lowest BCUT2D eigenvalue weighted by Gasteiger charge is -2.26. The monoisotopic (exact) mass is 447 g/mol. The van der Waals surface area contributed by atoms with Gasteiger partial charge in [-0.15, -0.1) is 0 Å². The first-order chi connectivity index (χ1) is 10.7. The van der Waals surface area contributed by atoms with Crippen molar-refractivity contribution >= 4 is 49.5 Å². The van der Waals surface area contributed by atoms with Crippen molar-refractivity contribution in [1.82, 2.24) is 0 Å². The zero-order valence-electron chi connectivity index (χ0n) is 13.8. The summed E-state index contributed by atoms with van der Waals surface area (Å²) in [5.74, 6) is -0.240. The molecule has 6 heteroatoms. The van der Waals surface area contributed by atoms with Crippen LogP contribution >= 0.6 is 31.9 Å². The number of carbonyl (C=O) groups is 2. The van der Waals surface area contributed by atoms with Crippen LogP contribution in [-0.2, 0) is 9.53 Å². The van der Waals surface area contributed by atoms with Gasteiger partial charge in [-0.2, -0.15) is 0 Å². The molecule has 0 radical (unpaired) electrons. The summed E-state index contributed by atoms with van der Waals surface area (Å²) in [5.41, 5.74) is -0.131. The van der Waals surface area contributed by atoms with E-state index >= 15 is 0 Å². The number of hydrogen-bond acceptors (Lipinski definition) is 3. The van der Waals surface area contributed by atoms with Gasteiger partial charge in [0.2, 0.25) is 5.91 Å². The van der Waals surface area contributed by atoms with Crippen molar-refractivity contribution in [3.63, 3.8) is 0 Å². The Morgan fingerprint density at radius 1 is 1.09 bits per heavy atom. The van der Waals surface area contributed by atoms with Crippen LogP contribution in [0.2, 0.25) is 0 Å². The van der Waals surface area contributed by atoms with Gasteiger partial charge in [-0.05, 0) is 57.9 Å². The van der Waals surface area contributed by atoms with Crippen LogP contribution in [0.1, 0.15) is 46.5 Å². The smallest absolute Gasteiger partial charge is 0.421 e. The molecule has 128 valence electrons. The average molecular weight is 449 g/mol. The van der Waals surface area contributed by atoms with Crippen molar-refractivity contribution in [2.45, 2.75) is 52.1 Å². The summed E-state index contributed by atoms with van der Waals surface area (Å²) in [7, 11) is 0. The molecule has 0 unspecified atom stereocenters. The van der Waals surface area contributed by atoms with E-state index < -0.39 is 11.7 Å². The largest absolute Gasteiger partial charge is 0.443 e. The van der Waals surface area contributed by atoms with E-state index in [0.29, 0.717) is 12.1 Å². The van der Waals surface area contributed by atoms with Gasteiger partial charge < -0.3 is 4.74 Å². The molecule has 0 fully saturated rings. The highest BCUT2D eigenvalue weighted by Crippen LogP contribution is 2.22. The van der Waals surface area contributed by atoms with Gasteiger partial charge in [0.15, 0.2) is 0 Å². The van der Waals surface area contributed by atoms with Gasteiger partial charge >= 0.3 is 6.09 Å². The van der Waals surface area contributed by atoms with Crippen LogP contribution in [0.25, 0.3) is 0 Å². The fourth-order valence-electron chi connectivity index (χ4n) is 1.91. The average Bonchev–Trinajstić information content (AvgIpc) is 2.44. The first-order valence-electron chi connectivity index (χ1n) is 7.62. The predicted octanol–water partition coefficient (Wildman–Crippen LogP) is 5.67. The summed E-state index contributed by atoms with van der Waals surface area (Å²) in [5, 5.41) is 0.920. The number of alkyl halides is 1. The number of carbonyl (C=O) groups excluding carboxylic acids is 2. The van der Waals surface area contributed by atoms with E-state index in [9.17, 15) is 9.59 Å². The highest BCUT2D eigenvalue weighted by atomic mass is 79.9. The third kappa shape index (κ3) is 7.48. The topological polar surface area (TPSA) is 46.6 Å². The van der Waals surface area contributed by atoms with Gasteiger partial charge in [-0.25, -0.2) is 9.69 Å².